The average Bonchev–Trinajstić information content (AvgIpc) is 2.21. The Morgan fingerprint density at radius 2 is 2.14 bits per heavy atom. The highest BCUT2D eigenvalue weighted by atomic mass is 14.7. The Morgan fingerprint density at radius 3 is 2.71 bits per heavy atom. The first-order valence-corrected chi connectivity index (χ1v) is 5.42. The second-order valence-corrected chi connectivity index (χ2v) is 3.48. The van der Waals surface area contributed by atoms with Crippen LogP contribution in [0, 0.1) is 0 Å². The van der Waals surface area contributed by atoms with E-state index in [9.17, 15) is 0 Å². The van der Waals surface area contributed by atoms with Crippen molar-refractivity contribution in [1.29, 1.82) is 0 Å². The van der Waals surface area contributed by atoms with Gasteiger partial charge in [-0.15, -0.1) is 0 Å². The standard InChI is InChI=1S/C13H19N/c1-4-7-12-9-11(6-3)10-14-13(12)8-5-2/h4,7,9-10H,5-6,8H2,1-3H3/b7-4-. The molecule has 0 N–H and O–H groups in total. The summed E-state index contributed by atoms with van der Waals surface area (Å²) >= 11 is 0. The quantitative estimate of drug-likeness (QED) is 0.704. The van der Waals surface area contributed by atoms with Gasteiger partial charge in [0, 0.05) is 11.9 Å². The molecule has 0 aromatic carbocycles. The van der Waals surface area contributed by atoms with Crippen LogP contribution < -0.4 is 0 Å². The van der Waals surface area contributed by atoms with Crippen LogP contribution in [-0.2, 0) is 12.8 Å². The van der Waals surface area contributed by atoms with Crippen molar-refractivity contribution in [2.45, 2.75) is 40.0 Å². The average molecular weight is 189 g/mol. The maximum atomic E-state index is 4.51. The third-order valence-corrected chi connectivity index (χ3v) is 2.30. The summed E-state index contributed by atoms with van der Waals surface area (Å²) in [4.78, 5) is 4.51. The van der Waals surface area contributed by atoms with Crippen LogP contribution in [0.1, 0.15) is 44.0 Å². The molecule has 0 spiro atoms. The highest BCUT2D eigenvalue weighted by Gasteiger charge is 2.01. The lowest BCUT2D eigenvalue weighted by Crippen LogP contribution is -1.95. The highest BCUT2D eigenvalue weighted by molar-refractivity contribution is 5.52. The Morgan fingerprint density at radius 1 is 1.36 bits per heavy atom. The zero-order valence-corrected chi connectivity index (χ0v) is 9.38. The Kier molecular flexibility index (Phi) is 4.37. The van der Waals surface area contributed by atoms with E-state index in [1.165, 1.54) is 16.8 Å². The minimum atomic E-state index is 1.06. The van der Waals surface area contributed by atoms with Crippen molar-refractivity contribution >= 4 is 6.08 Å². The number of pyridine rings is 1. The highest BCUT2D eigenvalue weighted by Crippen LogP contribution is 2.13. The molecule has 0 aliphatic carbocycles. The van der Waals surface area contributed by atoms with E-state index in [1.54, 1.807) is 0 Å². The molecule has 1 nitrogen and oxygen atoms in total. The third kappa shape index (κ3) is 2.69. The Bertz CT molecular complexity index is 313. The van der Waals surface area contributed by atoms with E-state index < -0.39 is 0 Å². The molecule has 1 rings (SSSR count). The largest absolute Gasteiger partial charge is 0.260 e. The zero-order chi connectivity index (χ0) is 10.4. The second-order valence-electron chi connectivity index (χ2n) is 3.48. The number of aromatic nitrogens is 1. The zero-order valence-electron chi connectivity index (χ0n) is 9.38. The van der Waals surface area contributed by atoms with Gasteiger partial charge in [0.1, 0.15) is 0 Å². The van der Waals surface area contributed by atoms with Crippen LogP contribution >= 0.6 is 0 Å². The SMILES string of the molecule is C/C=C\c1cc(CC)cnc1CCC. The van der Waals surface area contributed by atoms with Gasteiger partial charge >= 0.3 is 0 Å². The van der Waals surface area contributed by atoms with Crippen LogP contribution in [0.5, 0.6) is 0 Å². The van der Waals surface area contributed by atoms with Crippen LogP contribution in [0.15, 0.2) is 18.3 Å². The smallest absolute Gasteiger partial charge is 0.0475 e. The molecule has 1 heterocycles. The molecule has 76 valence electrons. The van der Waals surface area contributed by atoms with Crippen LogP contribution in [-0.4, -0.2) is 4.98 Å². The van der Waals surface area contributed by atoms with Gasteiger partial charge in [-0.1, -0.05) is 32.4 Å². The fourth-order valence-electron chi connectivity index (χ4n) is 1.52. The molecule has 0 amide bonds. The van der Waals surface area contributed by atoms with E-state index in [2.05, 4.69) is 37.0 Å². The number of hydrogen-bond acceptors (Lipinski definition) is 1. The molecule has 0 unspecified atom stereocenters. The lowest BCUT2D eigenvalue weighted by atomic mass is 10.1. The van der Waals surface area contributed by atoms with Gasteiger partial charge in [-0.3, -0.25) is 4.98 Å². The molecule has 0 saturated carbocycles. The van der Waals surface area contributed by atoms with Gasteiger partial charge < -0.3 is 0 Å². The second kappa shape index (κ2) is 5.58. The number of aryl methyl sites for hydroxylation is 2. The van der Waals surface area contributed by atoms with E-state index in [4.69, 9.17) is 0 Å². The van der Waals surface area contributed by atoms with Crippen molar-refractivity contribution in [3.63, 3.8) is 0 Å². The lowest BCUT2D eigenvalue weighted by Gasteiger charge is -2.05. The van der Waals surface area contributed by atoms with Crippen molar-refractivity contribution in [2.24, 2.45) is 0 Å². The molecule has 14 heavy (non-hydrogen) atoms. The molecule has 0 saturated heterocycles. The summed E-state index contributed by atoms with van der Waals surface area (Å²) in [6.45, 7) is 6.40. The first-order chi connectivity index (χ1) is 6.81. The van der Waals surface area contributed by atoms with Crippen LogP contribution in [0.25, 0.3) is 6.08 Å². The topological polar surface area (TPSA) is 12.9 Å². The van der Waals surface area contributed by atoms with E-state index in [1.807, 2.05) is 13.1 Å². The molecular weight excluding hydrogens is 170 g/mol. The van der Waals surface area contributed by atoms with Gasteiger partial charge in [0.2, 0.25) is 0 Å². The summed E-state index contributed by atoms with van der Waals surface area (Å²) in [6, 6.07) is 2.25. The summed E-state index contributed by atoms with van der Waals surface area (Å²) < 4.78 is 0. The van der Waals surface area contributed by atoms with Crippen molar-refractivity contribution in [1.82, 2.24) is 4.98 Å². The van der Waals surface area contributed by atoms with Crippen LogP contribution in [0.2, 0.25) is 0 Å². The molecule has 0 radical (unpaired) electrons. The molecule has 0 aliphatic heterocycles. The number of hydrogen-bond donors (Lipinski definition) is 0. The molecule has 0 bridgehead atoms. The number of allylic oxidation sites excluding steroid dienone is 1. The van der Waals surface area contributed by atoms with E-state index >= 15 is 0 Å². The van der Waals surface area contributed by atoms with Gasteiger partial charge in [0.15, 0.2) is 0 Å². The fraction of sp³-hybridized carbons (Fsp3) is 0.462. The summed E-state index contributed by atoms with van der Waals surface area (Å²) in [7, 11) is 0. The maximum Gasteiger partial charge on any atom is 0.0475 e. The van der Waals surface area contributed by atoms with E-state index in [0.717, 1.165) is 19.3 Å². The number of rotatable bonds is 4. The summed E-state index contributed by atoms with van der Waals surface area (Å²) in [5.41, 5.74) is 3.83. The van der Waals surface area contributed by atoms with Crippen molar-refractivity contribution < 1.29 is 0 Å². The molecular formula is C13H19N. The minimum absolute atomic E-state index is 1.06. The summed E-state index contributed by atoms with van der Waals surface area (Å²) in [5, 5.41) is 0. The van der Waals surface area contributed by atoms with E-state index in [0.29, 0.717) is 0 Å². The molecule has 0 aliphatic rings. The predicted octanol–water partition coefficient (Wildman–Crippen LogP) is 3.63. The Hall–Kier alpha value is -1.11. The van der Waals surface area contributed by atoms with Crippen molar-refractivity contribution in [3.8, 4) is 0 Å². The third-order valence-electron chi connectivity index (χ3n) is 2.30. The monoisotopic (exact) mass is 189 g/mol. The van der Waals surface area contributed by atoms with Gasteiger partial charge in [-0.05, 0) is 37.0 Å². The van der Waals surface area contributed by atoms with Gasteiger partial charge in [0.25, 0.3) is 0 Å². The lowest BCUT2D eigenvalue weighted by molar-refractivity contribution is 0.874. The number of nitrogens with zero attached hydrogens (tertiary/aromatic N) is 1. The first kappa shape index (κ1) is 11.0. The maximum absolute atomic E-state index is 4.51. The summed E-state index contributed by atoms with van der Waals surface area (Å²) in [5.74, 6) is 0. The van der Waals surface area contributed by atoms with Gasteiger partial charge in [-0.2, -0.15) is 0 Å². The summed E-state index contributed by atoms with van der Waals surface area (Å²) in [6.07, 6.45) is 9.52. The molecule has 1 aromatic rings. The molecule has 1 heteroatoms. The van der Waals surface area contributed by atoms with Crippen LogP contribution in [0.3, 0.4) is 0 Å². The molecule has 1 aromatic heterocycles. The predicted molar refractivity (Wildman–Crippen MR) is 62.3 cm³/mol. The first-order valence-electron chi connectivity index (χ1n) is 5.42. The Balaban J connectivity index is 3.03. The van der Waals surface area contributed by atoms with Crippen LogP contribution in [0.4, 0.5) is 0 Å². The normalized spacial score (nSPS) is 11.1. The van der Waals surface area contributed by atoms with Gasteiger partial charge in [-0.25, -0.2) is 0 Å². The Labute approximate surface area is 86.9 Å². The molecule has 0 fully saturated rings. The van der Waals surface area contributed by atoms with Gasteiger partial charge in [0.05, 0.1) is 0 Å². The molecule has 0 atom stereocenters. The van der Waals surface area contributed by atoms with Crippen molar-refractivity contribution in [2.75, 3.05) is 0 Å². The fourth-order valence-corrected chi connectivity index (χ4v) is 1.52. The van der Waals surface area contributed by atoms with Crippen molar-refractivity contribution in [3.05, 3.63) is 35.2 Å². The minimum Gasteiger partial charge on any atom is -0.260 e. The van der Waals surface area contributed by atoms with E-state index in [-0.39, 0.29) is 0 Å².